The Hall–Kier alpha value is -1.95. The molecule has 6 nitrogen and oxygen atoms in total. The highest BCUT2D eigenvalue weighted by atomic mass is 16.7. The molecular weight excluding hydrogens is 306 g/mol. The van der Waals surface area contributed by atoms with Crippen LogP contribution in [0.4, 0.5) is 0 Å². The van der Waals surface area contributed by atoms with Crippen molar-refractivity contribution in [2.45, 2.75) is 32.6 Å². The Labute approximate surface area is 144 Å². The number of methoxy groups -OCH3 is 1. The highest BCUT2D eigenvalue weighted by molar-refractivity contribution is 5.79. The van der Waals surface area contributed by atoms with Gasteiger partial charge in [0, 0.05) is 33.4 Å². The first-order valence-corrected chi connectivity index (χ1v) is 8.73. The van der Waals surface area contributed by atoms with Crippen LogP contribution in [-0.2, 0) is 11.2 Å². The fraction of sp³-hybridized carbons (Fsp3) is 0.611. The third-order valence-electron chi connectivity index (χ3n) is 3.76. The quantitative estimate of drug-likeness (QED) is 0.390. The maximum absolute atomic E-state index is 5.41. The average molecular weight is 335 g/mol. The number of aliphatic imine (C=N–C) groups is 1. The second-order valence-electron chi connectivity index (χ2n) is 5.68. The molecule has 2 rings (SSSR count). The molecule has 0 unspecified atom stereocenters. The van der Waals surface area contributed by atoms with Gasteiger partial charge in [0.1, 0.15) is 0 Å². The minimum Gasteiger partial charge on any atom is -0.454 e. The van der Waals surface area contributed by atoms with Gasteiger partial charge < -0.3 is 24.8 Å². The molecule has 24 heavy (non-hydrogen) atoms. The number of fused-ring (bicyclic) bond motifs is 1. The van der Waals surface area contributed by atoms with Crippen LogP contribution in [-0.4, -0.2) is 46.1 Å². The first-order valence-electron chi connectivity index (χ1n) is 8.73. The van der Waals surface area contributed by atoms with Crippen molar-refractivity contribution in [2.75, 3.05) is 40.1 Å². The molecule has 2 N–H and O–H groups in total. The number of hydrogen-bond donors (Lipinski definition) is 2. The van der Waals surface area contributed by atoms with Gasteiger partial charge in [-0.3, -0.25) is 4.99 Å². The zero-order chi connectivity index (χ0) is 17.0. The van der Waals surface area contributed by atoms with Crippen LogP contribution in [0.25, 0.3) is 0 Å². The molecule has 1 heterocycles. The largest absolute Gasteiger partial charge is 0.454 e. The topological polar surface area (TPSA) is 64.1 Å². The number of guanidine groups is 1. The van der Waals surface area contributed by atoms with Crippen LogP contribution in [0.2, 0.25) is 0 Å². The lowest BCUT2D eigenvalue weighted by Crippen LogP contribution is -2.38. The van der Waals surface area contributed by atoms with Crippen LogP contribution < -0.4 is 20.1 Å². The highest BCUT2D eigenvalue weighted by Gasteiger charge is 2.12. The van der Waals surface area contributed by atoms with Gasteiger partial charge in [-0.05, 0) is 50.3 Å². The summed E-state index contributed by atoms with van der Waals surface area (Å²) in [6, 6.07) is 6.09. The van der Waals surface area contributed by atoms with Gasteiger partial charge in [-0.25, -0.2) is 0 Å². The summed E-state index contributed by atoms with van der Waals surface area (Å²) in [7, 11) is 1.74. The lowest BCUT2D eigenvalue weighted by atomic mass is 10.1. The molecule has 1 aliphatic heterocycles. The third-order valence-corrected chi connectivity index (χ3v) is 3.76. The monoisotopic (exact) mass is 335 g/mol. The van der Waals surface area contributed by atoms with Crippen molar-refractivity contribution < 1.29 is 14.2 Å². The van der Waals surface area contributed by atoms with Gasteiger partial charge in [-0.15, -0.1) is 0 Å². The molecule has 0 aliphatic carbocycles. The van der Waals surface area contributed by atoms with Gasteiger partial charge in [-0.2, -0.15) is 0 Å². The first-order chi connectivity index (χ1) is 11.8. The lowest BCUT2D eigenvalue weighted by molar-refractivity contribution is 0.174. The van der Waals surface area contributed by atoms with E-state index in [4.69, 9.17) is 14.2 Å². The SMILES string of the molecule is CCNC(=NCCCCCOC)NCCc1ccc2c(c1)OCO2. The summed E-state index contributed by atoms with van der Waals surface area (Å²) in [6.07, 6.45) is 4.24. The van der Waals surface area contributed by atoms with Crippen LogP contribution in [0.15, 0.2) is 23.2 Å². The highest BCUT2D eigenvalue weighted by Crippen LogP contribution is 2.32. The second-order valence-corrected chi connectivity index (χ2v) is 5.68. The van der Waals surface area contributed by atoms with E-state index in [2.05, 4.69) is 28.6 Å². The molecule has 0 saturated heterocycles. The van der Waals surface area contributed by atoms with Crippen LogP contribution in [0.3, 0.4) is 0 Å². The van der Waals surface area contributed by atoms with E-state index < -0.39 is 0 Å². The number of nitrogens with one attached hydrogen (secondary N) is 2. The Morgan fingerprint density at radius 3 is 2.88 bits per heavy atom. The van der Waals surface area contributed by atoms with Crippen molar-refractivity contribution >= 4 is 5.96 Å². The van der Waals surface area contributed by atoms with E-state index in [1.54, 1.807) is 7.11 Å². The lowest BCUT2D eigenvalue weighted by Gasteiger charge is -2.11. The van der Waals surface area contributed by atoms with E-state index in [0.717, 1.165) is 69.4 Å². The predicted molar refractivity (Wildman–Crippen MR) is 96.0 cm³/mol. The van der Waals surface area contributed by atoms with Crippen molar-refractivity contribution in [3.8, 4) is 11.5 Å². The number of unbranched alkanes of at least 4 members (excludes halogenated alkanes) is 2. The van der Waals surface area contributed by atoms with Gasteiger partial charge in [0.05, 0.1) is 0 Å². The summed E-state index contributed by atoms with van der Waals surface area (Å²) in [6.45, 7) is 5.75. The maximum atomic E-state index is 5.41. The Balaban J connectivity index is 1.70. The van der Waals surface area contributed by atoms with E-state index in [1.165, 1.54) is 5.56 Å². The molecule has 134 valence electrons. The van der Waals surface area contributed by atoms with Gasteiger partial charge in [0.25, 0.3) is 0 Å². The molecular formula is C18H29N3O3. The number of rotatable bonds is 10. The zero-order valence-corrected chi connectivity index (χ0v) is 14.8. The summed E-state index contributed by atoms with van der Waals surface area (Å²) in [5.74, 6) is 2.55. The normalized spacial score (nSPS) is 13.2. The van der Waals surface area contributed by atoms with Gasteiger partial charge in [-0.1, -0.05) is 6.07 Å². The van der Waals surface area contributed by atoms with E-state index in [0.29, 0.717) is 6.79 Å². The van der Waals surface area contributed by atoms with Gasteiger partial charge in [0.15, 0.2) is 17.5 Å². The van der Waals surface area contributed by atoms with Crippen molar-refractivity contribution in [1.82, 2.24) is 10.6 Å². The Morgan fingerprint density at radius 1 is 1.17 bits per heavy atom. The molecule has 0 saturated carbocycles. The van der Waals surface area contributed by atoms with E-state index >= 15 is 0 Å². The van der Waals surface area contributed by atoms with Crippen LogP contribution in [0.5, 0.6) is 11.5 Å². The van der Waals surface area contributed by atoms with E-state index in [9.17, 15) is 0 Å². The molecule has 0 spiro atoms. The molecule has 0 amide bonds. The zero-order valence-electron chi connectivity index (χ0n) is 14.8. The predicted octanol–water partition coefficient (Wildman–Crippen LogP) is 2.33. The van der Waals surface area contributed by atoms with Crippen molar-refractivity contribution in [2.24, 2.45) is 4.99 Å². The summed E-state index contributed by atoms with van der Waals surface area (Å²) in [4.78, 5) is 4.61. The minimum atomic E-state index is 0.318. The number of hydrogen-bond acceptors (Lipinski definition) is 4. The minimum absolute atomic E-state index is 0.318. The Bertz CT molecular complexity index is 520. The summed E-state index contributed by atoms with van der Waals surface area (Å²) in [5, 5.41) is 6.66. The van der Waals surface area contributed by atoms with Crippen molar-refractivity contribution in [3.05, 3.63) is 23.8 Å². The second kappa shape index (κ2) is 10.8. The number of ether oxygens (including phenoxy) is 3. The molecule has 0 aromatic heterocycles. The van der Waals surface area contributed by atoms with Crippen LogP contribution in [0.1, 0.15) is 31.7 Å². The smallest absolute Gasteiger partial charge is 0.231 e. The average Bonchev–Trinajstić information content (AvgIpc) is 3.05. The first kappa shape index (κ1) is 18.4. The number of nitrogens with zero attached hydrogens (tertiary/aromatic N) is 1. The summed E-state index contributed by atoms with van der Waals surface area (Å²) >= 11 is 0. The van der Waals surface area contributed by atoms with Crippen molar-refractivity contribution in [1.29, 1.82) is 0 Å². The summed E-state index contributed by atoms with van der Waals surface area (Å²) < 4.78 is 15.8. The van der Waals surface area contributed by atoms with Crippen LogP contribution in [0, 0.1) is 0 Å². The van der Waals surface area contributed by atoms with Crippen molar-refractivity contribution in [3.63, 3.8) is 0 Å². The Kier molecular flexibility index (Phi) is 8.24. The molecule has 1 aromatic carbocycles. The Morgan fingerprint density at radius 2 is 2.04 bits per heavy atom. The molecule has 0 bridgehead atoms. The molecule has 0 radical (unpaired) electrons. The van der Waals surface area contributed by atoms with Gasteiger partial charge in [0.2, 0.25) is 6.79 Å². The molecule has 0 atom stereocenters. The molecule has 1 aliphatic rings. The summed E-state index contributed by atoms with van der Waals surface area (Å²) in [5.41, 5.74) is 1.22. The van der Waals surface area contributed by atoms with Crippen LogP contribution >= 0.6 is 0 Å². The van der Waals surface area contributed by atoms with E-state index in [-0.39, 0.29) is 0 Å². The third kappa shape index (κ3) is 6.28. The fourth-order valence-corrected chi connectivity index (χ4v) is 2.49. The molecule has 6 heteroatoms. The standard InChI is InChI=1S/C18H29N3O3/c1-3-19-18(20-10-5-4-6-12-22-2)21-11-9-15-7-8-16-17(13-15)24-14-23-16/h7-8,13H,3-6,9-12,14H2,1-2H3,(H2,19,20,21). The number of benzene rings is 1. The van der Waals surface area contributed by atoms with E-state index in [1.807, 2.05) is 12.1 Å². The molecule has 0 fully saturated rings. The van der Waals surface area contributed by atoms with Gasteiger partial charge >= 0.3 is 0 Å². The fourth-order valence-electron chi connectivity index (χ4n) is 2.49. The maximum Gasteiger partial charge on any atom is 0.231 e. The molecule has 1 aromatic rings.